The molecule has 5 nitrogen and oxygen atoms in total. The Bertz CT molecular complexity index is 586. The van der Waals surface area contributed by atoms with E-state index in [1.807, 2.05) is 24.3 Å². The SMILES string of the molecule is CCC1(c2nc(-c3ccc(OC)cc3)no2)CCCNC1. The molecule has 0 bridgehead atoms. The van der Waals surface area contributed by atoms with E-state index >= 15 is 0 Å². The van der Waals surface area contributed by atoms with Crippen molar-refractivity contribution in [1.82, 2.24) is 15.5 Å². The van der Waals surface area contributed by atoms with Gasteiger partial charge < -0.3 is 14.6 Å². The molecule has 0 aliphatic carbocycles. The van der Waals surface area contributed by atoms with Gasteiger partial charge in [-0.05, 0) is 50.1 Å². The van der Waals surface area contributed by atoms with Gasteiger partial charge in [-0.25, -0.2) is 0 Å². The highest BCUT2D eigenvalue weighted by atomic mass is 16.5. The number of methoxy groups -OCH3 is 1. The van der Waals surface area contributed by atoms with Crippen LogP contribution in [0.15, 0.2) is 28.8 Å². The average Bonchev–Trinajstić information content (AvgIpc) is 3.06. The molecule has 2 aromatic rings. The number of piperidine rings is 1. The Hall–Kier alpha value is -1.88. The minimum Gasteiger partial charge on any atom is -0.497 e. The number of benzene rings is 1. The summed E-state index contributed by atoms with van der Waals surface area (Å²) in [4.78, 5) is 4.64. The number of ether oxygens (including phenoxy) is 1. The predicted octanol–water partition coefficient (Wildman–Crippen LogP) is 2.78. The summed E-state index contributed by atoms with van der Waals surface area (Å²) in [6, 6.07) is 7.71. The van der Waals surface area contributed by atoms with Crippen LogP contribution in [0.1, 0.15) is 32.1 Å². The van der Waals surface area contributed by atoms with Gasteiger partial charge in [-0.3, -0.25) is 0 Å². The molecule has 5 heteroatoms. The van der Waals surface area contributed by atoms with E-state index < -0.39 is 0 Å². The van der Waals surface area contributed by atoms with Crippen molar-refractivity contribution in [2.45, 2.75) is 31.6 Å². The predicted molar refractivity (Wildman–Crippen MR) is 80.4 cm³/mol. The van der Waals surface area contributed by atoms with Crippen LogP contribution in [0.5, 0.6) is 5.75 Å². The van der Waals surface area contributed by atoms with Gasteiger partial charge in [0.15, 0.2) is 0 Å². The van der Waals surface area contributed by atoms with Crippen molar-refractivity contribution in [1.29, 1.82) is 0 Å². The Balaban J connectivity index is 1.87. The third kappa shape index (κ3) is 2.65. The van der Waals surface area contributed by atoms with Gasteiger partial charge in [0.2, 0.25) is 11.7 Å². The smallest absolute Gasteiger partial charge is 0.234 e. The van der Waals surface area contributed by atoms with Gasteiger partial charge in [0.25, 0.3) is 0 Å². The zero-order valence-electron chi connectivity index (χ0n) is 12.6. The lowest BCUT2D eigenvalue weighted by Crippen LogP contribution is -2.43. The molecule has 1 fully saturated rings. The standard InChI is InChI=1S/C16H21N3O2/c1-3-16(9-4-10-17-11-16)15-18-14(19-21-15)12-5-7-13(20-2)8-6-12/h5-8,17H,3-4,9-11H2,1-2H3. The summed E-state index contributed by atoms with van der Waals surface area (Å²) in [6.45, 7) is 4.17. The van der Waals surface area contributed by atoms with Gasteiger partial charge in [-0.2, -0.15) is 4.98 Å². The van der Waals surface area contributed by atoms with Crippen molar-refractivity contribution in [3.05, 3.63) is 30.2 Å². The fourth-order valence-corrected chi connectivity index (χ4v) is 2.90. The van der Waals surface area contributed by atoms with Gasteiger partial charge in [-0.1, -0.05) is 12.1 Å². The summed E-state index contributed by atoms with van der Waals surface area (Å²) < 4.78 is 10.7. The third-order valence-electron chi connectivity index (χ3n) is 4.38. The molecule has 21 heavy (non-hydrogen) atoms. The first-order valence-electron chi connectivity index (χ1n) is 7.47. The molecule has 1 aliphatic rings. The zero-order valence-corrected chi connectivity index (χ0v) is 12.6. The van der Waals surface area contributed by atoms with Crippen molar-refractivity contribution in [2.24, 2.45) is 0 Å². The molecule has 1 N–H and O–H groups in total. The fourth-order valence-electron chi connectivity index (χ4n) is 2.90. The van der Waals surface area contributed by atoms with Crippen LogP contribution < -0.4 is 10.1 Å². The van der Waals surface area contributed by atoms with Crippen molar-refractivity contribution < 1.29 is 9.26 Å². The van der Waals surface area contributed by atoms with E-state index in [0.29, 0.717) is 5.82 Å². The van der Waals surface area contributed by atoms with E-state index in [-0.39, 0.29) is 5.41 Å². The van der Waals surface area contributed by atoms with Crippen LogP contribution in [0.2, 0.25) is 0 Å². The van der Waals surface area contributed by atoms with E-state index in [9.17, 15) is 0 Å². The molecule has 2 heterocycles. The maximum Gasteiger partial charge on any atom is 0.234 e. The number of rotatable bonds is 4. The Morgan fingerprint density at radius 2 is 2.14 bits per heavy atom. The van der Waals surface area contributed by atoms with E-state index in [4.69, 9.17) is 9.26 Å². The summed E-state index contributed by atoms with van der Waals surface area (Å²) in [6.07, 6.45) is 3.25. The third-order valence-corrected chi connectivity index (χ3v) is 4.38. The largest absolute Gasteiger partial charge is 0.497 e. The van der Waals surface area contributed by atoms with Crippen molar-refractivity contribution in [3.8, 4) is 17.1 Å². The van der Waals surface area contributed by atoms with Crippen LogP contribution in [0, 0.1) is 0 Å². The van der Waals surface area contributed by atoms with E-state index in [1.165, 1.54) is 0 Å². The highest BCUT2D eigenvalue weighted by Crippen LogP contribution is 2.34. The summed E-state index contributed by atoms with van der Waals surface area (Å²) >= 11 is 0. The summed E-state index contributed by atoms with van der Waals surface area (Å²) in [5.74, 6) is 2.22. The van der Waals surface area contributed by atoms with Crippen molar-refractivity contribution >= 4 is 0 Å². The van der Waals surface area contributed by atoms with E-state index in [1.54, 1.807) is 7.11 Å². The molecule has 0 amide bonds. The maximum atomic E-state index is 5.58. The molecule has 1 atom stereocenters. The fraction of sp³-hybridized carbons (Fsp3) is 0.500. The zero-order chi connectivity index (χ0) is 14.7. The second-order valence-electron chi connectivity index (χ2n) is 5.57. The highest BCUT2D eigenvalue weighted by molar-refractivity contribution is 5.55. The number of aromatic nitrogens is 2. The molecule has 0 radical (unpaired) electrons. The second-order valence-corrected chi connectivity index (χ2v) is 5.57. The monoisotopic (exact) mass is 287 g/mol. The first-order valence-corrected chi connectivity index (χ1v) is 7.47. The van der Waals surface area contributed by atoms with Crippen molar-refractivity contribution in [2.75, 3.05) is 20.2 Å². The normalized spacial score (nSPS) is 22.2. The second kappa shape index (κ2) is 5.85. The molecule has 1 aromatic carbocycles. The molecule has 0 saturated carbocycles. The Morgan fingerprint density at radius 1 is 1.33 bits per heavy atom. The topological polar surface area (TPSA) is 60.2 Å². The van der Waals surface area contributed by atoms with Crippen LogP contribution in [-0.2, 0) is 5.41 Å². The Kier molecular flexibility index (Phi) is 3.92. The molecular weight excluding hydrogens is 266 g/mol. The minimum atomic E-state index is -0.0179. The Labute approximate surface area is 124 Å². The van der Waals surface area contributed by atoms with Gasteiger partial charge in [0.05, 0.1) is 12.5 Å². The molecule has 1 aliphatic heterocycles. The molecule has 112 valence electrons. The molecule has 3 rings (SSSR count). The highest BCUT2D eigenvalue weighted by Gasteiger charge is 2.37. The molecular formula is C16H21N3O2. The maximum absolute atomic E-state index is 5.58. The lowest BCUT2D eigenvalue weighted by Gasteiger charge is -2.33. The quantitative estimate of drug-likeness (QED) is 0.937. The Morgan fingerprint density at radius 3 is 2.76 bits per heavy atom. The van der Waals surface area contributed by atoms with Crippen LogP contribution in [0.3, 0.4) is 0 Å². The lowest BCUT2D eigenvalue weighted by molar-refractivity contribution is 0.221. The van der Waals surface area contributed by atoms with E-state index in [2.05, 4.69) is 22.4 Å². The summed E-state index contributed by atoms with van der Waals surface area (Å²) in [7, 11) is 1.66. The van der Waals surface area contributed by atoms with Crippen LogP contribution in [-0.4, -0.2) is 30.3 Å². The molecule has 1 unspecified atom stereocenters. The minimum absolute atomic E-state index is 0.0179. The molecule has 0 spiro atoms. The number of hydrogen-bond acceptors (Lipinski definition) is 5. The average molecular weight is 287 g/mol. The number of nitrogens with one attached hydrogen (secondary N) is 1. The van der Waals surface area contributed by atoms with Crippen LogP contribution in [0.25, 0.3) is 11.4 Å². The van der Waals surface area contributed by atoms with Gasteiger partial charge in [0.1, 0.15) is 5.75 Å². The first-order chi connectivity index (χ1) is 10.3. The lowest BCUT2D eigenvalue weighted by atomic mass is 9.78. The summed E-state index contributed by atoms with van der Waals surface area (Å²) in [5, 5.41) is 7.60. The molecule has 1 aromatic heterocycles. The van der Waals surface area contributed by atoms with Gasteiger partial charge in [-0.15, -0.1) is 0 Å². The van der Waals surface area contributed by atoms with Gasteiger partial charge in [0, 0.05) is 12.1 Å². The number of hydrogen-bond donors (Lipinski definition) is 1. The van der Waals surface area contributed by atoms with E-state index in [0.717, 1.165) is 49.6 Å². The molecule has 1 saturated heterocycles. The number of nitrogens with zero attached hydrogens (tertiary/aromatic N) is 2. The van der Waals surface area contributed by atoms with Gasteiger partial charge >= 0.3 is 0 Å². The van der Waals surface area contributed by atoms with Crippen LogP contribution in [0.4, 0.5) is 0 Å². The first kappa shape index (κ1) is 14.1. The van der Waals surface area contributed by atoms with Crippen LogP contribution >= 0.6 is 0 Å². The summed E-state index contributed by atoms with van der Waals surface area (Å²) in [5.41, 5.74) is 0.927. The van der Waals surface area contributed by atoms with Crippen molar-refractivity contribution in [3.63, 3.8) is 0 Å².